The number of hydrogen-bond acceptors (Lipinski definition) is 3. The highest BCUT2D eigenvalue weighted by Gasteiger charge is 2.45. The molecule has 0 aliphatic carbocycles. The zero-order valence-corrected chi connectivity index (χ0v) is 18.0. The Kier molecular flexibility index (Phi) is 3.74. The van der Waals surface area contributed by atoms with Crippen molar-refractivity contribution in [2.45, 2.75) is 26.2 Å². The number of nitrogens with zero attached hydrogens (tertiary/aromatic N) is 1. The van der Waals surface area contributed by atoms with Gasteiger partial charge in [-0.1, -0.05) is 61.9 Å². The molecule has 3 nitrogen and oxygen atoms in total. The summed E-state index contributed by atoms with van der Waals surface area (Å²) in [5, 5.41) is 0. The molecule has 0 saturated heterocycles. The van der Waals surface area contributed by atoms with Crippen molar-refractivity contribution in [3.8, 4) is 23.0 Å². The number of fused-ring (bicyclic) bond motifs is 7. The summed E-state index contributed by atoms with van der Waals surface area (Å²) in [6.45, 7) is 2.37. The fourth-order valence-electron chi connectivity index (χ4n) is 5.51. The highest BCUT2D eigenvalue weighted by molar-refractivity contribution is 6.99. The van der Waals surface area contributed by atoms with Crippen LogP contribution >= 0.6 is 0 Å². The standard InChI is InChI=1S/C28H22BNO2/c1-2-3-9-18-10-8-12-20-28(18)32-24-16-17-25-27-26(24)29(20)19-11-4-5-13-21(19)30(27)22-14-6-7-15-23(22)31-25/h4-8,10-17H,2-3,9H2,1H3. The van der Waals surface area contributed by atoms with Crippen LogP contribution in [0.3, 0.4) is 0 Å². The van der Waals surface area contributed by atoms with Crippen LogP contribution in [0, 0.1) is 0 Å². The second-order valence-electron chi connectivity index (χ2n) is 8.76. The number of ether oxygens (including phenoxy) is 2. The predicted octanol–water partition coefficient (Wildman–Crippen LogP) is 5.54. The Hall–Kier alpha value is -3.66. The average Bonchev–Trinajstić information content (AvgIpc) is 2.85. The zero-order valence-electron chi connectivity index (χ0n) is 18.0. The van der Waals surface area contributed by atoms with Crippen molar-refractivity contribution in [2.75, 3.05) is 4.90 Å². The second kappa shape index (κ2) is 6.67. The van der Waals surface area contributed by atoms with Gasteiger partial charge in [-0.2, -0.15) is 0 Å². The maximum absolute atomic E-state index is 6.65. The topological polar surface area (TPSA) is 21.7 Å². The number of unbranched alkanes of at least 4 members (excludes halogenated alkanes) is 1. The quantitative estimate of drug-likeness (QED) is 0.354. The molecular weight excluding hydrogens is 393 g/mol. The Balaban J connectivity index is 1.53. The first-order valence-corrected chi connectivity index (χ1v) is 11.5. The highest BCUT2D eigenvalue weighted by atomic mass is 16.5. The molecule has 3 aliphatic rings. The SMILES string of the molecule is CCCCc1cccc2c1Oc1ccc3c4c1B2c1ccccc1N4c1ccccc1O3. The van der Waals surface area contributed by atoms with E-state index in [0.29, 0.717) is 0 Å². The van der Waals surface area contributed by atoms with Gasteiger partial charge in [-0.05, 0) is 59.7 Å². The van der Waals surface area contributed by atoms with Crippen LogP contribution in [0.15, 0.2) is 78.9 Å². The van der Waals surface area contributed by atoms with Crippen molar-refractivity contribution in [1.82, 2.24) is 0 Å². The molecule has 0 radical (unpaired) electrons. The van der Waals surface area contributed by atoms with E-state index in [9.17, 15) is 0 Å². The molecule has 0 spiro atoms. The lowest BCUT2D eigenvalue weighted by molar-refractivity contribution is 0.465. The van der Waals surface area contributed by atoms with Crippen LogP contribution in [0.25, 0.3) is 0 Å². The highest BCUT2D eigenvalue weighted by Crippen LogP contribution is 2.52. The number of aryl methyl sites for hydroxylation is 1. The fraction of sp³-hybridized carbons (Fsp3) is 0.143. The van der Waals surface area contributed by atoms with Crippen molar-refractivity contribution < 1.29 is 9.47 Å². The largest absolute Gasteiger partial charge is 0.458 e. The molecule has 0 N–H and O–H groups in total. The van der Waals surface area contributed by atoms with Crippen LogP contribution < -0.4 is 30.8 Å². The maximum atomic E-state index is 6.65. The smallest absolute Gasteiger partial charge is 0.256 e. The van der Waals surface area contributed by atoms with E-state index in [-0.39, 0.29) is 6.71 Å². The monoisotopic (exact) mass is 415 g/mol. The lowest BCUT2D eigenvalue weighted by Crippen LogP contribution is -2.60. The molecule has 154 valence electrons. The normalized spacial score (nSPS) is 13.9. The van der Waals surface area contributed by atoms with E-state index in [1.165, 1.54) is 34.1 Å². The van der Waals surface area contributed by atoms with E-state index in [0.717, 1.165) is 47.2 Å². The summed E-state index contributed by atoms with van der Waals surface area (Å²) in [6, 6.07) is 27.8. The Morgan fingerprint density at radius 3 is 2.41 bits per heavy atom. The summed E-state index contributed by atoms with van der Waals surface area (Å²) in [5.74, 6) is 3.75. The van der Waals surface area contributed by atoms with Gasteiger partial charge in [0.2, 0.25) is 0 Å². The van der Waals surface area contributed by atoms with Crippen LogP contribution in [0.4, 0.5) is 17.1 Å². The van der Waals surface area contributed by atoms with E-state index < -0.39 is 0 Å². The summed E-state index contributed by atoms with van der Waals surface area (Å²) < 4.78 is 13.0. The Labute approximate surface area is 188 Å². The average molecular weight is 415 g/mol. The van der Waals surface area contributed by atoms with Crippen molar-refractivity contribution in [3.63, 3.8) is 0 Å². The molecule has 3 heterocycles. The van der Waals surface area contributed by atoms with E-state index in [1.54, 1.807) is 0 Å². The molecule has 4 aromatic carbocycles. The second-order valence-corrected chi connectivity index (χ2v) is 8.76. The van der Waals surface area contributed by atoms with Gasteiger partial charge in [-0.3, -0.25) is 0 Å². The van der Waals surface area contributed by atoms with Crippen molar-refractivity contribution in [2.24, 2.45) is 0 Å². The van der Waals surface area contributed by atoms with Crippen LogP contribution in [-0.2, 0) is 6.42 Å². The van der Waals surface area contributed by atoms with E-state index in [1.807, 2.05) is 12.1 Å². The first kappa shape index (κ1) is 18.0. The van der Waals surface area contributed by atoms with E-state index in [2.05, 4.69) is 78.6 Å². The lowest BCUT2D eigenvalue weighted by Gasteiger charge is -2.43. The molecule has 0 atom stereocenters. The number of benzene rings is 4. The molecule has 0 fully saturated rings. The molecule has 4 aromatic rings. The van der Waals surface area contributed by atoms with Crippen molar-refractivity contribution in [1.29, 1.82) is 0 Å². The van der Waals surface area contributed by atoms with Crippen LogP contribution in [0.5, 0.6) is 23.0 Å². The molecule has 0 saturated carbocycles. The fourth-order valence-corrected chi connectivity index (χ4v) is 5.51. The summed E-state index contributed by atoms with van der Waals surface area (Å²) in [5.41, 5.74) is 8.46. The van der Waals surface area contributed by atoms with Gasteiger partial charge in [0.05, 0.1) is 11.4 Å². The molecule has 32 heavy (non-hydrogen) atoms. The molecule has 0 unspecified atom stereocenters. The van der Waals surface area contributed by atoms with E-state index >= 15 is 0 Å². The minimum atomic E-state index is 0.131. The first-order chi connectivity index (χ1) is 15.8. The Morgan fingerprint density at radius 2 is 1.50 bits per heavy atom. The zero-order chi connectivity index (χ0) is 21.2. The summed E-state index contributed by atoms with van der Waals surface area (Å²) in [7, 11) is 0. The number of rotatable bonds is 3. The van der Waals surface area contributed by atoms with Gasteiger partial charge in [0.15, 0.2) is 11.5 Å². The van der Waals surface area contributed by atoms with Gasteiger partial charge in [-0.25, -0.2) is 0 Å². The van der Waals surface area contributed by atoms with E-state index in [4.69, 9.17) is 9.47 Å². The van der Waals surface area contributed by atoms with Crippen molar-refractivity contribution >= 4 is 40.2 Å². The van der Waals surface area contributed by atoms with Gasteiger partial charge in [0.1, 0.15) is 11.5 Å². The lowest BCUT2D eigenvalue weighted by atomic mass is 9.34. The van der Waals surface area contributed by atoms with Gasteiger partial charge in [0.25, 0.3) is 6.71 Å². The molecule has 7 rings (SSSR count). The third-order valence-electron chi connectivity index (χ3n) is 6.92. The third kappa shape index (κ3) is 2.32. The minimum Gasteiger partial charge on any atom is -0.458 e. The number of para-hydroxylation sites is 4. The number of hydrogen-bond donors (Lipinski definition) is 0. The van der Waals surface area contributed by atoms with Crippen LogP contribution in [-0.4, -0.2) is 6.71 Å². The Morgan fingerprint density at radius 1 is 0.719 bits per heavy atom. The van der Waals surface area contributed by atoms with Crippen LogP contribution in [0.1, 0.15) is 25.3 Å². The first-order valence-electron chi connectivity index (χ1n) is 11.5. The number of anilines is 3. The molecule has 0 bridgehead atoms. The predicted molar refractivity (Wildman–Crippen MR) is 131 cm³/mol. The Bertz CT molecular complexity index is 1400. The van der Waals surface area contributed by atoms with Crippen molar-refractivity contribution in [3.05, 3.63) is 84.4 Å². The maximum Gasteiger partial charge on any atom is 0.256 e. The van der Waals surface area contributed by atoms with Gasteiger partial charge < -0.3 is 14.4 Å². The summed E-state index contributed by atoms with van der Waals surface area (Å²) >= 11 is 0. The summed E-state index contributed by atoms with van der Waals surface area (Å²) in [6.07, 6.45) is 3.37. The summed E-state index contributed by atoms with van der Waals surface area (Å²) in [4.78, 5) is 2.36. The van der Waals surface area contributed by atoms with Gasteiger partial charge in [-0.15, -0.1) is 0 Å². The van der Waals surface area contributed by atoms with Gasteiger partial charge in [0, 0.05) is 11.2 Å². The molecular formula is C28H22BNO2. The molecule has 3 aliphatic heterocycles. The minimum absolute atomic E-state index is 0.131. The van der Waals surface area contributed by atoms with Gasteiger partial charge >= 0.3 is 0 Å². The van der Waals surface area contributed by atoms with Crippen LogP contribution in [0.2, 0.25) is 0 Å². The molecule has 0 aromatic heterocycles. The molecule has 0 amide bonds. The third-order valence-corrected chi connectivity index (χ3v) is 6.92. The molecule has 4 heteroatoms.